The van der Waals surface area contributed by atoms with E-state index in [4.69, 9.17) is 18.9 Å². The van der Waals surface area contributed by atoms with Gasteiger partial charge < -0.3 is 24.1 Å². The maximum atomic E-state index is 12.8. The van der Waals surface area contributed by atoms with Gasteiger partial charge in [-0.3, -0.25) is 0 Å². The van der Waals surface area contributed by atoms with Crippen LogP contribution in [0, 0.1) is 10.8 Å². The van der Waals surface area contributed by atoms with Gasteiger partial charge >= 0.3 is 11.9 Å². The summed E-state index contributed by atoms with van der Waals surface area (Å²) in [6.07, 6.45) is 10.3. The van der Waals surface area contributed by atoms with Crippen LogP contribution in [0.4, 0.5) is 0 Å². The summed E-state index contributed by atoms with van der Waals surface area (Å²) in [7, 11) is 0. The predicted molar refractivity (Wildman–Crippen MR) is 135 cm³/mol. The summed E-state index contributed by atoms with van der Waals surface area (Å²) < 4.78 is 24.2. The minimum Gasteiger partial charge on any atom is -0.462 e. The molecule has 1 saturated heterocycles. The number of hydrogen-bond acceptors (Lipinski definition) is 7. The SMILES string of the molecule is C=C1[C@H]2C[C@H]3OC(=O)C=CC=C[C@H]([C@@H](C)O)OCCC(C)=CC(=O)OC[C@@]4(CCC(C)=C[C@H]4O2)[C@]13C. The van der Waals surface area contributed by atoms with Gasteiger partial charge in [0, 0.05) is 29.4 Å². The van der Waals surface area contributed by atoms with E-state index in [1.807, 2.05) is 6.92 Å². The highest BCUT2D eigenvalue weighted by Gasteiger charge is 2.68. The van der Waals surface area contributed by atoms with Crippen molar-refractivity contribution in [2.75, 3.05) is 13.2 Å². The highest BCUT2D eigenvalue weighted by molar-refractivity contribution is 5.83. The van der Waals surface area contributed by atoms with Crippen LogP contribution in [0.2, 0.25) is 0 Å². The average molecular weight is 499 g/mol. The summed E-state index contributed by atoms with van der Waals surface area (Å²) in [5, 5.41) is 10.0. The van der Waals surface area contributed by atoms with Crippen molar-refractivity contribution in [2.24, 2.45) is 10.8 Å². The Bertz CT molecular complexity index is 1020. The fraction of sp³-hybridized carbons (Fsp3) is 0.586. The monoisotopic (exact) mass is 498 g/mol. The summed E-state index contributed by atoms with van der Waals surface area (Å²) in [6.45, 7) is 12.5. The minimum atomic E-state index is -0.734. The summed E-state index contributed by atoms with van der Waals surface area (Å²) in [4.78, 5) is 25.7. The maximum absolute atomic E-state index is 12.8. The predicted octanol–water partition coefficient (Wildman–Crippen LogP) is 4.13. The van der Waals surface area contributed by atoms with Gasteiger partial charge in [0.15, 0.2) is 0 Å². The number of aliphatic hydroxyl groups excluding tert-OH is 1. The zero-order valence-corrected chi connectivity index (χ0v) is 21.7. The van der Waals surface area contributed by atoms with E-state index in [-0.39, 0.29) is 18.8 Å². The molecule has 1 spiro atoms. The van der Waals surface area contributed by atoms with Crippen LogP contribution < -0.4 is 0 Å². The first-order chi connectivity index (χ1) is 17.1. The lowest BCUT2D eigenvalue weighted by atomic mass is 9.53. The van der Waals surface area contributed by atoms with Gasteiger partial charge in [-0.25, -0.2) is 9.59 Å². The van der Waals surface area contributed by atoms with E-state index in [0.717, 1.165) is 24.0 Å². The van der Waals surface area contributed by atoms with Crippen molar-refractivity contribution >= 4 is 11.9 Å². The average Bonchev–Trinajstić information content (AvgIpc) is 2.98. The van der Waals surface area contributed by atoms with Crippen molar-refractivity contribution in [1.82, 2.24) is 0 Å². The van der Waals surface area contributed by atoms with E-state index in [9.17, 15) is 14.7 Å². The summed E-state index contributed by atoms with van der Waals surface area (Å²) >= 11 is 0. The topological polar surface area (TPSA) is 91.3 Å². The number of carbonyl (C=O) groups excluding carboxylic acids is 2. The molecule has 36 heavy (non-hydrogen) atoms. The number of allylic oxidation sites excluding steroid dienone is 3. The van der Waals surface area contributed by atoms with Crippen LogP contribution in [0.5, 0.6) is 0 Å². The molecule has 2 bridgehead atoms. The Morgan fingerprint density at radius 3 is 2.67 bits per heavy atom. The quantitative estimate of drug-likeness (QED) is 0.429. The molecule has 7 heteroatoms. The minimum absolute atomic E-state index is 0.138. The second-order valence-corrected chi connectivity index (χ2v) is 10.8. The number of cyclic esters (lactones) is 1. The van der Waals surface area contributed by atoms with Gasteiger partial charge in [-0.2, -0.15) is 0 Å². The highest BCUT2D eigenvalue weighted by Crippen LogP contribution is 2.65. The van der Waals surface area contributed by atoms with E-state index < -0.39 is 41.1 Å². The van der Waals surface area contributed by atoms with Crippen molar-refractivity contribution in [2.45, 2.75) is 83.9 Å². The molecule has 0 aromatic heterocycles. The number of ether oxygens (including phenoxy) is 4. The van der Waals surface area contributed by atoms with Crippen molar-refractivity contribution < 1.29 is 33.6 Å². The van der Waals surface area contributed by atoms with Crippen molar-refractivity contribution in [1.29, 1.82) is 0 Å². The molecule has 4 rings (SSSR count). The molecule has 2 aliphatic carbocycles. The number of carbonyl (C=O) groups is 2. The van der Waals surface area contributed by atoms with Crippen LogP contribution in [-0.2, 0) is 28.5 Å². The zero-order chi connectivity index (χ0) is 26.1. The van der Waals surface area contributed by atoms with Crippen molar-refractivity contribution in [3.63, 3.8) is 0 Å². The smallest absolute Gasteiger partial charge is 0.331 e. The Kier molecular flexibility index (Phi) is 7.74. The highest BCUT2D eigenvalue weighted by atomic mass is 16.6. The Morgan fingerprint density at radius 1 is 1.14 bits per heavy atom. The fourth-order valence-corrected chi connectivity index (χ4v) is 6.04. The zero-order valence-electron chi connectivity index (χ0n) is 21.7. The molecular formula is C29H38O7. The summed E-state index contributed by atoms with van der Waals surface area (Å²) in [5.41, 5.74) is 1.74. The third-order valence-electron chi connectivity index (χ3n) is 8.44. The molecule has 7 nitrogen and oxygen atoms in total. The van der Waals surface area contributed by atoms with Gasteiger partial charge in [-0.05, 0) is 45.6 Å². The van der Waals surface area contributed by atoms with Gasteiger partial charge in [0.1, 0.15) is 18.8 Å². The largest absolute Gasteiger partial charge is 0.462 e. The third-order valence-corrected chi connectivity index (χ3v) is 8.44. The van der Waals surface area contributed by atoms with Crippen molar-refractivity contribution in [3.05, 3.63) is 59.8 Å². The molecule has 0 aromatic carbocycles. The van der Waals surface area contributed by atoms with E-state index in [0.29, 0.717) is 19.4 Å². The van der Waals surface area contributed by atoms with Gasteiger partial charge in [0.2, 0.25) is 0 Å². The molecule has 2 aliphatic heterocycles. The molecule has 0 aromatic rings. The number of rotatable bonds is 1. The number of aliphatic hydroxyl groups is 1. The van der Waals surface area contributed by atoms with E-state index in [1.54, 1.807) is 25.2 Å². The third kappa shape index (κ3) is 4.89. The second-order valence-electron chi connectivity index (χ2n) is 10.8. The summed E-state index contributed by atoms with van der Waals surface area (Å²) in [5.74, 6) is -0.891. The molecule has 2 fully saturated rings. The summed E-state index contributed by atoms with van der Waals surface area (Å²) in [6, 6.07) is 0. The van der Waals surface area contributed by atoms with Crippen LogP contribution in [0.3, 0.4) is 0 Å². The first kappa shape index (κ1) is 26.6. The molecule has 0 unspecified atom stereocenters. The molecule has 0 amide bonds. The molecule has 1 saturated carbocycles. The normalized spacial score (nSPS) is 38.6. The lowest BCUT2D eigenvalue weighted by Crippen LogP contribution is -2.60. The van der Waals surface area contributed by atoms with Crippen LogP contribution >= 0.6 is 0 Å². The molecule has 7 atom stereocenters. The first-order valence-corrected chi connectivity index (χ1v) is 12.8. The standard InChI is InChI=1S/C29H38O7/c1-18-10-12-29-17-34-27(32)15-19(2)11-13-33-22(21(4)30)8-6-7-9-26(31)36-24-16-23(35-25(29)14-18)20(3)28(24,29)5/h6-9,14-15,21-25,30H,3,10-13,16-17H2,1-2,4-5H3/t21-,22-,23-,24-,25-,28-,29-/m1/s1. The Morgan fingerprint density at radius 2 is 1.92 bits per heavy atom. The molecule has 0 radical (unpaired) electrons. The Labute approximate surface area is 213 Å². The van der Waals surface area contributed by atoms with Gasteiger partial charge in [-0.15, -0.1) is 0 Å². The van der Waals surface area contributed by atoms with Crippen LogP contribution in [0.1, 0.15) is 53.4 Å². The van der Waals surface area contributed by atoms with Gasteiger partial charge in [0.05, 0.1) is 24.9 Å². The first-order valence-electron chi connectivity index (χ1n) is 12.8. The van der Waals surface area contributed by atoms with Crippen LogP contribution in [0.25, 0.3) is 0 Å². The lowest BCUT2D eigenvalue weighted by molar-refractivity contribution is -0.181. The van der Waals surface area contributed by atoms with Crippen molar-refractivity contribution in [3.8, 4) is 0 Å². The fourth-order valence-electron chi connectivity index (χ4n) is 6.04. The molecule has 2 heterocycles. The Balaban J connectivity index is 1.70. The molecule has 4 aliphatic rings. The van der Waals surface area contributed by atoms with Gasteiger partial charge in [0.25, 0.3) is 0 Å². The Hall–Kier alpha value is -2.48. The molecule has 196 valence electrons. The van der Waals surface area contributed by atoms with Crippen LogP contribution in [-0.4, -0.2) is 60.8 Å². The molecule has 1 N–H and O–H groups in total. The van der Waals surface area contributed by atoms with Crippen LogP contribution in [0.15, 0.2) is 59.8 Å². The van der Waals surface area contributed by atoms with E-state index >= 15 is 0 Å². The second kappa shape index (κ2) is 10.5. The number of fused-ring (bicyclic) bond motifs is 1. The number of esters is 2. The van der Waals surface area contributed by atoms with Gasteiger partial charge in [-0.1, -0.05) is 49.0 Å². The van der Waals surface area contributed by atoms with E-state index in [1.165, 1.54) is 17.7 Å². The number of hydrogen-bond donors (Lipinski definition) is 1. The van der Waals surface area contributed by atoms with E-state index in [2.05, 4.69) is 26.5 Å². The maximum Gasteiger partial charge on any atom is 0.331 e. The lowest BCUT2D eigenvalue weighted by Gasteiger charge is -2.56. The molecular weight excluding hydrogens is 460 g/mol.